The number of carboxylic acid groups (broad SMARTS) is 1. The van der Waals surface area contributed by atoms with Gasteiger partial charge in [0.15, 0.2) is 5.78 Å². The van der Waals surface area contributed by atoms with E-state index in [4.69, 9.17) is 9.84 Å². The minimum atomic E-state index is -1.17. The number of amides is 2. The number of nitrogens with one attached hydrogen (secondary N) is 1. The molecule has 0 unspecified atom stereocenters. The zero-order valence-electron chi connectivity index (χ0n) is 18.2. The van der Waals surface area contributed by atoms with Crippen molar-refractivity contribution in [3.63, 3.8) is 0 Å². The van der Waals surface area contributed by atoms with Crippen molar-refractivity contribution >= 4 is 17.8 Å². The van der Waals surface area contributed by atoms with Gasteiger partial charge in [-0.25, -0.2) is 4.79 Å². The summed E-state index contributed by atoms with van der Waals surface area (Å²) in [5.41, 5.74) is 0.766. The van der Waals surface area contributed by atoms with Crippen molar-refractivity contribution < 1.29 is 24.2 Å². The first-order valence-electron chi connectivity index (χ1n) is 11.3. The van der Waals surface area contributed by atoms with E-state index in [1.807, 2.05) is 24.3 Å². The van der Waals surface area contributed by atoms with Gasteiger partial charge >= 0.3 is 6.09 Å². The highest BCUT2D eigenvalue weighted by Gasteiger charge is 2.30. The number of hydrogen-bond acceptors (Lipinski definition) is 5. The molecule has 1 atom stereocenters. The second kappa shape index (κ2) is 11.1. The molecule has 8 nitrogen and oxygen atoms in total. The zero-order chi connectivity index (χ0) is 22.2. The first kappa shape index (κ1) is 23.1. The highest BCUT2D eigenvalue weighted by molar-refractivity contribution is 5.99. The molecule has 2 aliphatic rings. The number of carbonyl (C=O) groups is 3. The predicted molar refractivity (Wildman–Crippen MR) is 116 cm³/mol. The molecule has 1 aliphatic carbocycles. The monoisotopic (exact) mass is 431 g/mol. The summed E-state index contributed by atoms with van der Waals surface area (Å²) in [6.07, 6.45) is 3.04. The largest absolute Gasteiger partial charge is 0.494 e. The topological polar surface area (TPSA) is 99.2 Å². The van der Waals surface area contributed by atoms with E-state index in [-0.39, 0.29) is 17.6 Å². The Labute approximate surface area is 183 Å². The Morgan fingerprint density at radius 3 is 2.52 bits per heavy atom. The maximum atomic E-state index is 12.6. The molecule has 1 saturated heterocycles. The number of ether oxygens (including phenoxy) is 1. The van der Waals surface area contributed by atoms with E-state index < -0.39 is 12.1 Å². The average molecular weight is 432 g/mol. The molecule has 1 aromatic carbocycles. The lowest BCUT2D eigenvalue weighted by molar-refractivity contribution is -0.133. The summed E-state index contributed by atoms with van der Waals surface area (Å²) >= 11 is 0. The molecule has 0 spiro atoms. The molecule has 1 aromatic rings. The van der Waals surface area contributed by atoms with Crippen LogP contribution >= 0.6 is 0 Å². The van der Waals surface area contributed by atoms with E-state index in [2.05, 4.69) is 10.2 Å². The van der Waals surface area contributed by atoms with Gasteiger partial charge in [-0.05, 0) is 62.9 Å². The molecule has 170 valence electrons. The summed E-state index contributed by atoms with van der Waals surface area (Å²) in [7, 11) is 0. The third-order valence-corrected chi connectivity index (χ3v) is 5.88. The molecular weight excluding hydrogens is 398 g/mol. The number of carbonyl (C=O) groups excluding carboxylic acids is 2. The minimum Gasteiger partial charge on any atom is -0.494 e. The first-order valence-corrected chi connectivity index (χ1v) is 11.3. The molecule has 0 aromatic heterocycles. The first-order chi connectivity index (χ1) is 15.0. The molecule has 31 heavy (non-hydrogen) atoms. The Hall–Kier alpha value is -2.61. The predicted octanol–water partition coefficient (Wildman–Crippen LogP) is 2.63. The molecule has 2 N–H and O–H groups in total. The van der Waals surface area contributed by atoms with Crippen LogP contribution in [0.2, 0.25) is 0 Å². The van der Waals surface area contributed by atoms with Crippen molar-refractivity contribution in [1.82, 2.24) is 15.1 Å². The van der Waals surface area contributed by atoms with Crippen LogP contribution in [0.3, 0.4) is 0 Å². The standard InChI is InChI=1S/C23H33N3O5/c1-2-20(24-23(29)30)22(28)26-13-3-11-25(14-15-26)12-4-16-31-19-9-7-18(8-10-19)21(27)17-5-6-17/h7-10,17,20,24H,2-6,11-16H2,1H3,(H,29,30)/t20-/m1/s1. The summed E-state index contributed by atoms with van der Waals surface area (Å²) in [6.45, 7) is 6.21. The van der Waals surface area contributed by atoms with E-state index in [1.54, 1.807) is 11.8 Å². The summed E-state index contributed by atoms with van der Waals surface area (Å²) in [5.74, 6) is 1.10. The van der Waals surface area contributed by atoms with Crippen LogP contribution in [0.4, 0.5) is 4.79 Å². The Balaban J connectivity index is 1.36. The Bertz CT molecular complexity index is 763. The number of benzene rings is 1. The van der Waals surface area contributed by atoms with Crippen LogP contribution in [-0.2, 0) is 4.79 Å². The number of rotatable bonds is 10. The molecule has 1 heterocycles. The van der Waals surface area contributed by atoms with Crippen LogP contribution in [0.1, 0.15) is 49.4 Å². The fraction of sp³-hybridized carbons (Fsp3) is 0.609. The van der Waals surface area contributed by atoms with Gasteiger partial charge in [-0.3, -0.25) is 9.59 Å². The van der Waals surface area contributed by atoms with E-state index >= 15 is 0 Å². The average Bonchev–Trinajstić information content (AvgIpc) is 3.62. The van der Waals surface area contributed by atoms with Gasteiger partial charge in [-0.1, -0.05) is 6.92 Å². The van der Waals surface area contributed by atoms with Crippen LogP contribution in [0.5, 0.6) is 5.75 Å². The van der Waals surface area contributed by atoms with Crippen molar-refractivity contribution in [2.75, 3.05) is 39.3 Å². The van der Waals surface area contributed by atoms with E-state index in [9.17, 15) is 14.4 Å². The third kappa shape index (κ3) is 6.95. The number of Topliss-reactive ketones (excluding diaryl/α,β-unsaturated/α-hetero) is 1. The molecule has 2 amide bonds. The SMILES string of the molecule is CC[C@@H](NC(=O)O)C(=O)N1CCCN(CCCOc2ccc(C(=O)C3CC3)cc2)CC1. The van der Waals surface area contributed by atoms with Gasteiger partial charge in [0.25, 0.3) is 0 Å². The van der Waals surface area contributed by atoms with Gasteiger partial charge in [0.05, 0.1) is 6.61 Å². The lowest BCUT2D eigenvalue weighted by Gasteiger charge is -2.25. The molecule has 2 fully saturated rings. The molecule has 3 rings (SSSR count). The number of ketones is 1. The second-order valence-corrected chi connectivity index (χ2v) is 8.30. The Kier molecular flexibility index (Phi) is 8.28. The zero-order valence-corrected chi connectivity index (χ0v) is 18.2. The summed E-state index contributed by atoms with van der Waals surface area (Å²) in [5, 5.41) is 11.2. The van der Waals surface area contributed by atoms with Gasteiger partial charge in [0.1, 0.15) is 11.8 Å². The third-order valence-electron chi connectivity index (χ3n) is 5.88. The smallest absolute Gasteiger partial charge is 0.405 e. The maximum absolute atomic E-state index is 12.6. The molecule has 8 heteroatoms. The van der Waals surface area contributed by atoms with Crippen molar-refractivity contribution in [3.8, 4) is 5.75 Å². The van der Waals surface area contributed by atoms with Crippen LogP contribution in [0.25, 0.3) is 0 Å². The highest BCUT2D eigenvalue weighted by atomic mass is 16.5. The molecular formula is C23H33N3O5. The van der Waals surface area contributed by atoms with Gasteiger partial charge < -0.3 is 25.0 Å². The fourth-order valence-electron chi connectivity index (χ4n) is 3.90. The van der Waals surface area contributed by atoms with Crippen molar-refractivity contribution in [1.29, 1.82) is 0 Å². The van der Waals surface area contributed by atoms with E-state index in [1.165, 1.54) is 0 Å². The number of nitrogens with zero attached hydrogens (tertiary/aromatic N) is 2. The van der Waals surface area contributed by atoms with Crippen molar-refractivity contribution in [2.24, 2.45) is 5.92 Å². The normalized spacial score (nSPS) is 18.2. The van der Waals surface area contributed by atoms with E-state index in [0.717, 1.165) is 56.6 Å². The summed E-state index contributed by atoms with van der Waals surface area (Å²) in [4.78, 5) is 39.6. The van der Waals surface area contributed by atoms with Crippen LogP contribution in [0.15, 0.2) is 24.3 Å². The van der Waals surface area contributed by atoms with Crippen molar-refractivity contribution in [2.45, 2.75) is 45.1 Å². The van der Waals surface area contributed by atoms with Crippen molar-refractivity contribution in [3.05, 3.63) is 29.8 Å². The van der Waals surface area contributed by atoms with Gasteiger partial charge in [-0.15, -0.1) is 0 Å². The van der Waals surface area contributed by atoms with Gasteiger partial charge in [0, 0.05) is 37.7 Å². The summed E-state index contributed by atoms with van der Waals surface area (Å²) < 4.78 is 5.82. The van der Waals surface area contributed by atoms with Crippen LogP contribution in [0, 0.1) is 5.92 Å². The molecule has 0 bridgehead atoms. The Morgan fingerprint density at radius 2 is 1.87 bits per heavy atom. The quantitative estimate of drug-likeness (QED) is 0.436. The van der Waals surface area contributed by atoms with Gasteiger partial charge in [0.2, 0.25) is 5.91 Å². The van der Waals surface area contributed by atoms with E-state index in [0.29, 0.717) is 26.1 Å². The lowest BCUT2D eigenvalue weighted by atomic mass is 10.1. The number of hydrogen-bond donors (Lipinski definition) is 2. The molecule has 1 aliphatic heterocycles. The van der Waals surface area contributed by atoms with Crippen LogP contribution in [-0.4, -0.2) is 78.1 Å². The fourth-order valence-corrected chi connectivity index (χ4v) is 3.90. The minimum absolute atomic E-state index is 0.140. The molecule has 0 radical (unpaired) electrons. The molecule has 1 saturated carbocycles. The summed E-state index contributed by atoms with van der Waals surface area (Å²) in [6, 6.07) is 6.74. The van der Waals surface area contributed by atoms with Crippen LogP contribution < -0.4 is 10.1 Å². The Morgan fingerprint density at radius 1 is 1.13 bits per heavy atom. The van der Waals surface area contributed by atoms with Gasteiger partial charge in [-0.2, -0.15) is 0 Å². The lowest BCUT2D eigenvalue weighted by Crippen LogP contribution is -2.48. The highest BCUT2D eigenvalue weighted by Crippen LogP contribution is 2.32. The maximum Gasteiger partial charge on any atom is 0.405 e. The second-order valence-electron chi connectivity index (χ2n) is 8.30.